The molecule has 19 heavy (non-hydrogen) atoms. The fourth-order valence-corrected chi connectivity index (χ4v) is 2.80. The van der Waals surface area contributed by atoms with Gasteiger partial charge in [0.25, 0.3) is 0 Å². The lowest BCUT2D eigenvalue weighted by Crippen LogP contribution is -2.00. The summed E-state index contributed by atoms with van der Waals surface area (Å²) in [5, 5.41) is 5.27. The van der Waals surface area contributed by atoms with Gasteiger partial charge in [-0.15, -0.1) is 11.6 Å². The Hall–Kier alpha value is -0.990. The van der Waals surface area contributed by atoms with Gasteiger partial charge in [0.05, 0.1) is 17.3 Å². The van der Waals surface area contributed by atoms with E-state index < -0.39 is 0 Å². The first-order chi connectivity index (χ1) is 9.08. The highest BCUT2D eigenvalue weighted by Crippen LogP contribution is 2.28. The predicted molar refractivity (Wildman–Crippen MR) is 81.6 cm³/mol. The van der Waals surface area contributed by atoms with Crippen molar-refractivity contribution in [2.45, 2.75) is 39.5 Å². The van der Waals surface area contributed by atoms with E-state index in [4.69, 9.17) is 23.2 Å². The van der Waals surface area contributed by atoms with Crippen LogP contribution in [0.5, 0.6) is 0 Å². The molecule has 1 aromatic heterocycles. The molecule has 4 heteroatoms. The SMILES string of the molecule is CCCc1nn(-c2cc(C)ccc2C)c(Cl)c1CCl. The molecule has 2 aromatic rings. The van der Waals surface area contributed by atoms with Gasteiger partial charge < -0.3 is 0 Å². The molecule has 0 atom stereocenters. The molecule has 0 fully saturated rings. The van der Waals surface area contributed by atoms with Crippen molar-refractivity contribution in [1.82, 2.24) is 9.78 Å². The number of aryl methyl sites for hydroxylation is 3. The van der Waals surface area contributed by atoms with Crippen LogP contribution in [-0.4, -0.2) is 9.78 Å². The van der Waals surface area contributed by atoms with Crippen LogP contribution in [0.2, 0.25) is 5.15 Å². The normalized spacial score (nSPS) is 11.0. The molecule has 0 radical (unpaired) electrons. The Morgan fingerprint density at radius 2 is 2.00 bits per heavy atom. The van der Waals surface area contributed by atoms with Crippen molar-refractivity contribution >= 4 is 23.2 Å². The molecule has 2 nitrogen and oxygen atoms in total. The number of hydrogen-bond acceptors (Lipinski definition) is 1. The third kappa shape index (κ3) is 2.80. The third-order valence-corrected chi connectivity index (χ3v) is 3.87. The zero-order valence-corrected chi connectivity index (χ0v) is 13.0. The fraction of sp³-hybridized carbons (Fsp3) is 0.400. The Morgan fingerprint density at radius 3 is 2.63 bits per heavy atom. The van der Waals surface area contributed by atoms with Gasteiger partial charge in [-0.3, -0.25) is 0 Å². The molecule has 1 heterocycles. The maximum atomic E-state index is 6.44. The summed E-state index contributed by atoms with van der Waals surface area (Å²) in [6, 6.07) is 6.27. The van der Waals surface area contributed by atoms with Crippen LogP contribution in [0.3, 0.4) is 0 Å². The van der Waals surface area contributed by atoms with Gasteiger partial charge in [-0.25, -0.2) is 4.68 Å². The van der Waals surface area contributed by atoms with Gasteiger partial charge in [0.2, 0.25) is 0 Å². The summed E-state index contributed by atoms with van der Waals surface area (Å²) in [6.07, 6.45) is 1.93. The van der Waals surface area contributed by atoms with Gasteiger partial charge in [0, 0.05) is 5.56 Å². The first-order valence-corrected chi connectivity index (χ1v) is 7.39. The molecule has 0 aliphatic heterocycles. The smallest absolute Gasteiger partial charge is 0.137 e. The lowest BCUT2D eigenvalue weighted by atomic mass is 10.1. The van der Waals surface area contributed by atoms with E-state index in [-0.39, 0.29) is 0 Å². The summed E-state index contributed by atoms with van der Waals surface area (Å²) in [5.74, 6) is 0.402. The Balaban J connectivity index is 2.59. The molecule has 0 aliphatic carbocycles. The minimum Gasteiger partial charge on any atom is -0.221 e. The number of nitrogens with zero attached hydrogens (tertiary/aromatic N) is 2. The predicted octanol–water partition coefficient (Wildman–Crippen LogP) is 4.83. The standard InChI is InChI=1S/C15H18Cl2N2/c1-4-5-13-12(9-16)15(17)19(18-13)14-8-10(2)6-7-11(14)3/h6-8H,4-5,9H2,1-3H3. The van der Waals surface area contributed by atoms with Crippen molar-refractivity contribution in [2.75, 3.05) is 0 Å². The maximum Gasteiger partial charge on any atom is 0.137 e. The number of benzene rings is 1. The van der Waals surface area contributed by atoms with Crippen LogP contribution < -0.4 is 0 Å². The Morgan fingerprint density at radius 1 is 1.26 bits per heavy atom. The van der Waals surface area contributed by atoms with Crippen molar-refractivity contribution < 1.29 is 0 Å². The van der Waals surface area contributed by atoms with E-state index in [0.717, 1.165) is 35.3 Å². The second-order valence-electron chi connectivity index (χ2n) is 4.80. The molecule has 0 saturated carbocycles. The number of halogens is 2. The van der Waals surface area contributed by atoms with Gasteiger partial charge >= 0.3 is 0 Å². The molecule has 0 saturated heterocycles. The minimum atomic E-state index is 0.402. The molecular formula is C15H18Cl2N2. The molecule has 2 rings (SSSR count). The van der Waals surface area contributed by atoms with Crippen molar-refractivity contribution in [2.24, 2.45) is 0 Å². The van der Waals surface area contributed by atoms with Gasteiger partial charge in [-0.1, -0.05) is 37.1 Å². The molecule has 0 spiro atoms. The first kappa shape index (κ1) is 14.4. The van der Waals surface area contributed by atoms with Crippen LogP contribution in [0.25, 0.3) is 5.69 Å². The average Bonchev–Trinajstić information content (AvgIpc) is 2.69. The Kier molecular flexibility index (Phi) is 4.54. The van der Waals surface area contributed by atoms with Gasteiger partial charge in [-0.2, -0.15) is 5.10 Å². The fourth-order valence-electron chi connectivity index (χ4n) is 2.15. The van der Waals surface area contributed by atoms with E-state index in [1.165, 1.54) is 5.56 Å². The highest BCUT2D eigenvalue weighted by Gasteiger charge is 2.17. The lowest BCUT2D eigenvalue weighted by Gasteiger charge is -2.08. The minimum absolute atomic E-state index is 0.402. The van der Waals surface area contributed by atoms with Crippen molar-refractivity contribution in [1.29, 1.82) is 0 Å². The van der Waals surface area contributed by atoms with Gasteiger partial charge in [0.15, 0.2) is 0 Å². The van der Waals surface area contributed by atoms with E-state index >= 15 is 0 Å². The summed E-state index contributed by atoms with van der Waals surface area (Å²) >= 11 is 12.4. The molecule has 0 bridgehead atoms. The average molecular weight is 297 g/mol. The van der Waals surface area contributed by atoms with Gasteiger partial charge in [0.1, 0.15) is 5.15 Å². The quantitative estimate of drug-likeness (QED) is 0.739. The third-order valence-electron chi connectivity index (χ3n) is 3.22. The maximum absolute atomic E-state index is 6.44. The molecule has 102 valence electrons. The summed E-state index contributed by atoms with van der Waals surface area (Å²) in [4.78, 5) is 0. The molecule has 0 amide bonds. The van der Waals surface area contributed by atoms with Crippen molar-refractivity contribution in [3.05, 3.63) is 45.7 Å². The topological polar surface area (TPSA) is 17.8 Å². The van der Waals surface area contributed by atoms with Crippen LogP contribution in [0.1, 0.15) is 35.7 Å². The van der Waals surface area contributed by atoms with Crippen LogP contribution in [0.4, 0.5) is 0 Å². The highest BCUT2D eigenvalue weighted by molar-refractivity contribution is 6.31. The molecule has 0 N–H and O–H groups in total. The van der Waals surface area contributed by atoms with Crippen LogP contribution in [0.15, 0.2) is 18.2 Å². The number of hydrogen-bond donors (Lipinski definition) is 0. The molecule has 1 aromatic carbocycles. The molecular weight excluding hydrogens is 279 g/mol. The van der Waals surface area contributed by atoms with E-state index in [1.54, 1.807) is 0 Å². The van der Waals surface area contributed by atoms with E-state index in [0.29, 0.717) is 11.0 Å². The second kappa shape index (κ2) is 5.98. The lowest BCUT2D eigenvalue weighted by molar-refractivity contribution is 0.801. The van der Waals surface area contributed by atoms with E-state index in [9.17, 15) is 0 Å². The summed E-state index contributed by atoms with van der Waals surface area (Å²) < 4.78 is 1.81. The van der Waals surface area contributed by atoms with Gasteiger partial charge in [-0.05, 0) is 37.5 Å². The summed E-state index contributed by atoms with van der Waals surface area (Å²) in [7, 11) is 0. The number of alkyl halides is 1. The van der Waals surface area contributed by atoms with Crippen LogP contribution in [-0.2, 0) is 12.3 Å². The largest absolute Gasteiger partial charge is 0.221 e. The zero-order valence-electron chi connectivity index (χ0n) is 11.5. The Bertz CT molecular complexity index is 588. The van der Waals surface area contributed by atoms with E-state index in [2.05, 4.69) is 44.1 Å². The first-order valence-electron chi connectivity index (χ1n) is 6.48. The Labute approximate surface area is 124 Å². The highest BCUT2D eigenvalue weighted by atomic mass is 35.5. The monoisotopic (exact) mass is 296 g/mol. The zero-order chi connectivity index (χ0) is 14.0. The number of aromatic nitrogens is 2. The van der Waals surface area contributed by atoms with Crippen molar-refractivity contribution in [3.8, 4) is 5.69 Å². The van der Waals surface area contributed by atoms with Crippen molar-refractivity contribution in [3.63, 3.8) is 0 Å². The molecule has 0 unspecified atom stereocenters. The van der Waals surface area contributed by atoms with Crippen LogP contribution in [0, 0.1) is 13.8 Å². The summed E-state index contributed by atoms with van der Waals surface area (Å²) in [6.45, 7) is 6.26. The van der Waals surface area contributed by atoms with Crippen LogP contribution >= 0.6 is 23.2 Å². The number of rotatable bonds is 4. The molecule has 0 aliphatic rings. The summed E-state index contributed by atoms with van der Waals surface area (Å²) in [5.41, 5.74) is 5.32. The second-order valence-corrected chi connectivity index (χ2v) is 5.43. The van der Waals surface area contributed by atoms with E-state index in [1.807, 2.05) is 4.68 Å².